The van der Waals surface area contributed by atoms with Crippen molar-refractivity contribution in [3.05, 3.63) is 11.6 Å². The van der Waals surface area contributed by atoms with Crippen LogP contribution in [0.1, 0.15) is 71.6 Å². The van der Waals surface area contributed by atoms with E-state index in [9.17, 15) is 9.59 Å². The predicted octanol–water partition coefficient (Wildman–Crippen LogP) is 4.48. The smallest absolute Gasteiger partial charge is 0.133 e. The van der Waals surface area contributed by atoms with Gasteiger partial charge in [-0.1, -0.05) is 18.6 Å². The lowest BCUT2D eigenvalue weighted by molar-refractivity contribution is -0.131. The van der Waals surface area contributed by atoms with Gasteiger partial charge in [0.05, 0.1) is 0 Å². The lowest BCUT2D eigenvalue weighted by Crippen LogP contribution is -2.48. The first-order valence-electron chi connectivity index (χ1n) is 8.71. The Kier molecular flexibility index (Phi) is 4.07. The highest BCUT2D eigenvalue weighted by Crippen LogP contribution is 2.58. The van der Waals surface area contributed by atoms with E-state index in [1.165, 1.54) is 24.8 Å². The summed E-state index contributed by atoms with van der Waals surface area (Å²) in [5, 5.41) is 0. The van der Waals surface area contributed by atoms with E-state index >= 15 is 0 Å². The summed E-state index contributed by atoms with van der Waals surface area (Å²) in [5.41, 5.74) is 1.76. The van der Waals surface area contributed by atoms with Crippen LogP contribution in [-0.4, -0.2) is 11.6 Å². The largest absolute Gasteiger partial charge is 0.300 e. The molecule has 2 saturated carbocycles. The Hall–Kier alpha value is -0.920. The fourth-order valence-corrected chi connectivity index (χ4v) is 5.45. The van der Waals surface area contributed by atoms with Crippen LogP contribution < -0.4 is 0 Å². The van der Waals surface area contributed by atoms with Crippen molar-refractivity contribution in [2.75, 3.05) is 0 Å². The summed E-state index contributed by atoms with van der Waals surface area (Å²) in [7, 11) is 0. The quantitative estimate of drug-likeness (QED) is 0.718. The molecular formula is C19H28O2. The number of hydrogen-bond donors (Lipinski definition) is 0. The summed E-state index contributed by atoms with van der Waals surface area (Å²) in [5.74, 6) is 2.85. The van der Waals surface area contributed by atoms with E-state index < -0.39 is 0 Å². The number of fused-ring (bicyclic) bond motifs is 3. The van der Waals surface area contributed by atoms with Crippen LogP contribution in [0.5, 0.6) is 0 Å². The number of carbonyl (C=O) groups excluding carboxylic acids is 2. The third kappa shape index (κ3) is 2.74. The van der Waals surface area contributed by atoms with E-state index in [1.807, 2.05) is 0 Å². The van der Waals surface area contributed by atoms with Crippen molar-refractivity contribution in [1.82, 2.24) is 0 Å². The Morgan fingerprint density at radius 1 is 1.29 bits per heavy atom. The molecule has 0 aromatic rings. The minimum absolute atomic E-state index is 0.230. The summed E-state index contributed by atoms with van der Waals surface area (Å²) < 4.78 is 0. The molecule has 0 radical (unpaired) electrons. The number of ketones is 2. The van der Waals surface area contributed by atoms with Gasteiger partial charge in [-0.25, -0.2) is 0 Å². The lowest BCUT2D eigenvalue weighted by Gasteiger charge is -2.55. The molecule has 0 N–H and O–H groups in total. The summed E-state index contributed by atoms with van der Waals surface area (Å²) in [6.07, 6.45) is 11.7. The van der Waals surface area contributed by atoms with Crippen molar-refractivity contribution in [3.8, 4) is 0 Å². The molecule has 3 aliphatic rings. The zero-order valence-corrected chi connectivity index (χ0v) is 13.5. The maximum atomic E-state index is 12.0. The third-order valence-corrected chi connectivity index (χ3v) is 6.57. The summed E-state index contributed by atoms with van der Waals surface area (Å²) in [4.78, 5) is 23.3. The highest BCUT2D eigenvalue weighted by atomic mass is 16.1. The molecule has 2 nitrogen and oxygen atoms in total. The van der Waals surface area contributed by atoms with Crippen LogP contribution in [0.2, 0.25) is 0 Å². The Morgan fingerprint density at radius 2 is 2.10 bits per heavy atom. The van der Waals surface area contributed by atoms with Crippen molar-refractivity contribution in [1.29, 1.82) is 0 Å². The highest BCUT2D eigenvalue weighted by molar-refractivity contribution is 5.80. The Labute approximate surface area is 128 Å². The van der Waals surface area contributed by atoms with E-state index in [0.29, 0.717) is 29.8 Å². The molecule has 0 bridgehead atoms. The van der Waals surface area contributed by atoms with Crippen LogP contribution in [0.15, 0.2) is 11.6 Å². The maximum absolute atomic E-state index is 12.0. The average Bonchev–Trinajstić information content (AvgIpc) is 2.44. The van der Waals surface area contributed by atoms with Crippen molar-refractivity contribution in [2.24, 2.45) is 23.2 Å². The second-order valence-electron chi connectivity index (χ2n) is 7.81. The molecule has 0 heterocycles. The monoisotopic (exact) mass is 288 g/mol. The molecule has 4 atom stereocenters. The van der Waals surface area contributed by atoms with Gasteiger partial charge in [-0.3, -0.25) is 4.79 Å². The highest BCUT2D eigenvalue weighted by Gasteiger charge is 2.51. The van der Waals surface area contributed by atoms with Crippen LogP contribution in [0.3, 0.4) is 0 Å². The standard InChI is InChI=1S/C19H28O2/c1-13(20)6-7-14-4-3-5-18-17(14)11-9-15-8-10-16(21)12-19(15,18)2/h4,15,17-18H,3,5-12H2,1-2H3/t15-,17+,18+,19+/m1/s1. The van der Waals surface area contributed by atoms with Crippen LogP contribution in [0.25, 0.3) is 0 Å². The Balaban J connectivity index is 1.80. The number of Topliss-reactive ketones (excluding diaryl/α,β-unsaturated/α-hetero) is 2. The third-order valence-electron chi connectivity index (χ3n) is 6.57. The molecule has 0 aromatic heterocycles. The molecule has 21 heavy (non-hydrogen) atoms. The van der Waals surface area contributed by atoms with Crippen molar-refractivity contribution < 1.29 is 9.59 Å². The molecule has 3 rings (SSSR count). The van der Waals surface area contributed by atoms with Gasteiger partial charge in [-0.2, -0.15) is 0 Å². The van der Waals surface area contributed by atoms with Gasteiger partial charge in [0.2, 0.25) is 0 Å². The molecule has 0 saturated heterocycles. The van der Waals surface area contributed by atoms with E-state index in [2.05, 4.69) is 13.0 Å². The molecule has 3 aliphatic carbocycles. The van der Waals surface area contributed by atoms with Crippen molar-refractivity contribution >= 4 is 11.6 Å². The fraction of sp³-hybridized carbons (Fsp3) is 0.789. The lowest BCUT2D eigenvalue weighted by atomic mass is 9.49. The fourth-order valence-electron chi connectivity index (χ4n) is 5.45. The number of rotatable bonds is 3. The second-order valence-corrected chi connectivity index (χ2v) is 7.81. The van der Waals surface area contributed by atoms with Gasteiger partial charge in [-0.15, -0.1) is 0 Å². The first-order valence-corrected chi connectivity index (χ1v) is 8.71. The zero-order valence-electron chi connectivity index (χ0n) is 13.5. The predicted molar refractivity (Wildman–Crippen MR) is 83.9 cm³/mol. The summed E-state index contributed by atoms with van der Waals surface area (Å²) in [6.45, 7) is 4.08. The molecule has 116 valence electrons. The topological polar surface area (TPSA) is 34.1 Å². The minimum atomic E-state index is 0.230. The number of carbonyl (C=O) groups is 2. The first-order chi connectivity index (χ1) is 10.0. The van der Waals surface area contributed by atoms with Crippen molar-refractivity contribution in [3.63, 3.8) is 0 Å². The van der Waals surface area contributed by atoms with Gasteiger partial charge in [-0.05, 0) is 68.6 Å². The van der Waals surface area contributed by atoms with Crippen LogP contribution >= 0.6 is 0 Å². The molecule has 0 spiro atoms. The Bertz CT molecular complexity index is 476. The molecule has 0 amide bonds. The van der Waals surface area contributed by atoms with Gasteiger partial charge >= 0.3 is 0 Å². The number of allylic oxidation sites excluding steroid dienone is 2. The Morgan fingerprint density at radius 3 is 2.86 bits per heavy atom. The molecule has 0 aliphatic heterocycles. The maximum Gasteiger partial charge on any atom is 0.133 e. The number of hydrogen-bond acceptors (Lipinski definition) is 2. The average molecular weight is 288 g/mol. The molecule has 0 unspecified atom stereocenters. The zero-order chi connectivity index (χ0) is 15.0. The normalized spacial score (nSPS) is 39.2. The van der Waals surface area contributed by atoms with Crippen LogP contribution in [0, 0.1) is 23.2 Å². The van der Waals surface area contributed by atoms with Crippen LogP contribution in [-0.2, 0) is 9.59 Å². The van der Waals surface area contributed by atoms with E-state index in [1.54, 1.807) is 6.92 Å². The molecule has 0 aromatic carbocycles. The molecule has 2 heteroatoms. The van der Waals surface area contributed by atoms with E-state index in [4.69, 9.17) is 0 Å². The van der Waals surface area contributed by atoms with Gasteiger partial charge in [0.25, 0.3) is 0 Å². The van der Waals surface area contributed by atoms with Crippen molar-refractivity contribution in [2.45, 2.75) is 71.6 Å². The van der Waals surface area contributed by atoms with E-state index in [0.717, 1.165) is 38.0 Å². The summed E-state index contributed by atoms with van der Waals surface area (Å²) >= 11 is 0. The van der Waals surface area contributed by atoms with Gasteiger partial charge in [0.1, 0.15) is 11.6 Å². The van der Waals surface area contributed by atoms with Crippen LogP contribution in [0.4, 0.5) is 0 Å². The van der Waals surface area contributed by atoms with Gasteiger partial charge < -0.3 is 4.79 Å². The molecular weight excluding hydrogens is 260 g/mol. The first kappa shape index (κ1) is 15.0. The van der Waals surface area contributed by atoms with Gasteiger partial charge in [0, 0.05) is 19.3 Å². The minimum Gasteiger partial charge on any atom is -0.300 e. The second kappa shape index (κ2) is 5.70. The van der Waals surface area contributed by atoms with E-state index in [-0.39, 0.29) is 5.41 Å². The summed E-state index contributed by atoms with van der Waals surface area (Å²) in [6, 6.07) is 0. The SMILES string of the molecule is CC(=O)CCC1=CCC[C@H]2[C@H]1CC[C@H]1CCC(=O)C[C@@]12C. The molecule has 2 fully saturated rings. The van der Waals surface area contributed by atoms with Gasteiger partial charge in [0.15, 0.2) is 0 Å².